The summed E-state index contributed by atoms with van der Waals surface area (Å²) in [7, 11) is 3.64. The molecular weight excluding hydrogens is 284 g/mol. The van der Waals surface area contributed by atoms with Crippen LogP contribution in [0.2, 0.25) is 0 Å². The molecular formula is C12H24N10. The number of nitrogens with one attached hydrogen (secondary N) is 4. The topological polar surface area (TPSA) is 127 Å². The highest BCUT2D eigenvalue weighted by Crippen LogP contribution is 2.01. The van der Waals surface area contributed by atoms with E-state index in [-0.39, 0.29) is 12.3 Å². The first-order valence-electron chi connectivity index (χ1n) is 7.22. The Hall–Kier alpha value is -2.52. The van der Waals surface area contributed by atoms with Crippen LogP contribution in [0, 0.1) is 0 Å². The van der Waals surface area contributed by atoms with E-state index >= 15 is 0 Å². The molecule has 0 spiro atoms. The van der Waals surface area contributed by atoms with Gasteiger partial charge in [-0.3, -0.25) is 10.2 Å². The van der Waals surface area contributed by atoms with Crippen molar-refractivity contribution < 1.29 is 0 Å². The SMILES string of the molecule is CNC1=N[C@H](C)N=C(NCCNC2=N[C@H](C)N=C(N)N2C)N1. The second-order valence-electron chi connectivity index (χ2n) is 4.95. The molecule has 0 fully saturated rings. The van der Waals surface area contributed by atoms with E-state index in [2.05, 4.69) is 41.2 Å². The molecule has 2 rings (SSSR count). The summed E-state index contributed by atoms with van der Waals surface area (Å²) in [6.07, 6.45) is -0.267. The van der Waals surface area contributed by atoms with Gasteiger partial charge in [0, 0.05) is 27.2 Å². The van der Waals surface area contributed by atoms with Crippen LogP contribution in [0.25, 0.3) is 0 Å². The molecule has 0 aromatic heterocycles. The second kappa shape index (κ2) is 6.96. The normalized spacial score (nSPS) is 24.5. The van der Waals surface area contributed by atoms with E-state index in [0.717, 1.165) is 0 Å². The number of hydrogen-bond acceptors (Lipinski definition) is 10. The Morgan fingerprint density at radius 1 is 1.05 bits per heavy atom. The standard InChI is InChI=1S/C12H24N10/c1-7-17-9(13)22(4)12(20-7)16-6-5-15-11-19-8(2)18-10(14-3)21-11/h7-8H,5-6H2,1-4H3,(H2,13,17)(H,16,20)(H3,14,15,18,19,21)/t7-,8+/m1/s1. The van der Waals surface area contributed by atoms with E-state index < -0.39 is 0 Å². The second-order valence-corrected chi connectivity index (χ2v) is 4.95. The Morgan fingerprint density at radius 2 is 1.68 bits per heavy atom. The Bertz CT molecular complexity index is 520. The highest BCUT2D eigenvalue weighted by atomic mass is 15.4. The molecule has 0 bridgehead atoms. The Morgan fingerprint density at radius 3 is 2.41 bits per heavy atom. The number of guanidine groups is 4. The summed E-state index contributed by atoms with van der Waals surface area (Å²) in [5.41, 5.74) is 5.82. The van der Waals surface area contributed by atoms with Crippen LogP contribution < -0.4 is 27.0 Å². The largest absolute Gasteiger partial charge is 0.369 e. The van der Waals surface area contributed by atoms with E-state index in [0.29, 0.717) is 36.9 Å². The maximum Gasteiger partial charge on any atom is 0.202 e. The van der Waals surface area contributed by atoms with Gasteiger partial charge in [0.15, 0.2) is 17.9 Å². The van der Waals surface area contributed by atoms with Gasteiger partial charge in [0.05, 0.1) is 0 Å². The summed E-state index contributed by atoms with van der Waals surface area (Å²) < 4.78 is 0. The van der Waals surface area contributed by atoms with E-state index in [1.165, 1.54) is 0 Å². The van der Waals surface area contributed by atoms with Crippen LogP contribution in [-0.2, 0) is 0 Å². The van der Waals surface area contributed by atoms with Crippen LogP contribution in [-0.4, -0.2) is 68.3 Å². The van der Waals surface area contributed by atoms with Crippen LogP contribution in [0.1, 0.15) is 13.8 Å². The van der Waals surface area contributed by atoms with Crippen LogP contribution in [0.4, 0.5) is 0 Å². The predicted molar refractivity (Wildman–Crippen MR) is 88.8 cm³/mol. The fourth-order valence-corrected chi connectivity index (χ4v) is 1.99. The molecule has 2 aliphatic rings. The van der Waals surface area contributed by atoms with Crippen molar-refractivity contribution >= 4 is 23.8 Å². The van der Waals surface area contributed by atoms with Crippen LogP contribution >= 0.6 is 0 Å². The quantitative estimate of drug-likeness (QED) is 0.384. The van der Waals surface area contributed by atoms with Gasteiger partial charge in [-0.15, -0.1) is 0 Å². The van der Waals surface area contributed by atoms with E-state index in [4.69, 9.17) is 5.73 Å². The average Bonchev–Trinajstić information content (AvgIpc) is 2.47. The molecule has 0 saturated carbocycles. The highest BCUT2D eigenvalue weighted by molar-refractivity contribution is 6.00. The molecule has 2 aliphatic heterocycles. The average molecular weight is 308 g/mol. The van der Waals surface area contributed by atoms with Gasteiger partial charge in [-0.2, -0.15) is 0 Å². The van der Waals surface area contributed by atoms with Crippen molar-refractivity contribution in [3.8, 4) is 0 Å². The smallest absolute Gasteiger partial charge is 0.202 e. The third-order valence-electron chi connectivity index (χ3n) is 3.10. The van der Waals surface area contributed by atoms with Crippen molar-refractivity contribution in [1.82, 2.24) is 26.2 Å². The molecule has 0 unspecified atom stereocenters. The molecule has 2 atom stereocenters. The number of nitrogens with two attached hydrogens (primary N) is 1. The summed E-state index contributed by atoms with van der Waals surface area (Å²) >= 11 is 0. The zero-order chi connectivity index (χ0) is 16.1. The Labute approximate surface area is 130 Å². The number of aliphatic imine (C=N–C) groups is 4. The molecule has 122 valence electrons. The third-order valence-corrected chi connectivity index (χ3v) is 3.10. The van der Waals surface area contributed by atoms with Crippen molar-refractivity contribution in [2.24, 2.45) is 25.7 Å². The molecule has 0 aliphatic carbocycles. The first-order chi connectivity index (χ1) is 10.5. The van der Waals surface area contributed by atoms with Crippen LogP contribution in [0.15, 0.2) is 20.0 Å². The summed E-state index contributed by atoms with van der Waals surface area (Å²) in [4.78, 5) is 18.9. The summed E-state index contributed by atoms with van der Waals surface area (Å²) in [5, 5.41) is 12.5. The number of hydrogen-bond donors (Lipinski definition) is 5. The maximum absolute atomic E-state index is 5.82. The lowest BCUT2D eigenvalue weighted by molar-refractivity contribution is 0.607. The van der Waals surface area contributed by atoms with Gasteiger partial charge in [0.1, 0.15) is 12.3 Å². The summed E-state index contributed by atoms with van der Waals surface area (Å²) in [6, 6.07) is 0. The molecule has 10 heteroatoms. The molecule has 10 nitrogen and oxygen atoms in total. The summed E-state index contributed by atoms with van der Waals surface area (Å²) in [6.45, 7) is 5.16. The number of rotatable bonds is 3. The van der Waals surface area contributed by atoms with Crippen LogP contribution in [0.5, 0.6) is 0 Å². The maximum atomic E-state index is 5.82. The van der Waals surface area contributed by atoms with Crippen molar-refractivity contribution in [3.63, 3.8) is 0 Å². The molecule has 0 aromatic rings. The molecule has 6 N–H and O–H groups in total. The minimum Gasteiger partial charge on any atom is -0.369 e. The zero-order valence-electron chi connectivity index (χ0n) is 13.4. The minimum atomic E-state index is -0.161. The van der Waals surface area contributed by atoms with Crippen molar-refractivity contribution in [2.75, 3.05) is 27.2 Å². The first kappa shape index (κ1) is 15.9. The minimum absolute atomic E-state index is 0.107. The molecule has 22 heavy (non-hydrogen) atoms. The van der Waals surface area contributed by atoms with E-state index in [9.17, 15) is 0 Å². The van der Waals surface area contributed by atoms with Crippen molar-refractivity contribution in [2.45, 2.75) is 26.2 Å². The lowest BCUT2D eigenvalue weighted by Crippen LogP contribution is -2.52. The van der Waals surface area contributed by atoms with Gasteiger partial charge >= 0.3 is 0 Å². The van der Waals surface area contributed by atoms with Gasteiger partial charge < -0.3 is 21.7 Å². The molecule has 2 heterocycles. The summed E-state index contributed by atoms with van der Waals surface area (Å²) in [5.74, 6) is 2.57. The molecule has 0 aromatic carbocycles. The third kappa shape index (κ3) is 3.99. The predicted octanol–water partition coefficient (Wildman–Crippen LogP) is -1.99. The van der Waals surface area contributed by atoms with Gasteiger partial charge in [-0.25, -0.2) is 20.0 Å². The van der Waals surface area contributed by atoms with Crippen molar-refractivity contribution in [1.29, 1.82) is 0 Å². The first-order valence-corrected chi connectivity index (χ1v) is 7.22. The molecule has 0 radical (unpaired) electrons. The molecule has 0 amide bonds. The van der Waals surface area contributed by atoms with Gasteiger partial charge in [-0.1, -0.05) is 0 Å². The van der Waals surface area contributed by atoms with Gasteiger partial charge in [-0.05, 0) is 13.8 Å². The lowest BCUT2D eigenvalue weighted by atomic mass is 10.5. The van der Waals surface area contributed by atoms with E-state index in [1.807, 2.05) is 27.9 Å². The lowest BCUT2D eigenvalue weighted by Gasteiger charge is -2.26. The van der Waals surface area contributed by atoms with Gasteiger partial charge in [0.2, 0.25) is 5.96 Å². The highest BCUT2D eigenvalue weighted by Gasteiger charge is 2.17. The number of nitrogens with zero attached hydrogens (tertiary/aromatic N) is 5. The molecule has 0 saturated heterocycles. The monoisotopic (exact) mass is 308 g/mol. The fraction of sp³-hybridized carbons (Fsp3) is 0.667. The van der Waals surface area contributed by atoms with E-state index in [1.54, 1.807) is 4.90 Å². The van der Waals surface area contributed by atoms with Crippen LogP contribution in [0.3, 0.4) is 0 Å². The Kier molecular flexibility index (Phi) is 5.02. The zero-order valence-corrected chi connectivity index (χ0v) is 13.4. The fourth-order valence-electron chi connectivity index (χ4n) is 1.99. The van der Waals surface area contributed by atoms with Crippen molar-refractivity contribution in [3.05, 3.63) is 0 Å². The van der Waals surface area contributed by atoms with Gasteiger partial charge in [0.25, 0.3) is 0 Å². The Balaban J connectivity index is 1.76.